The quantitative estimate of drug-likeness (QED) is 0.714. The molecule has 1 aliphatic rings. The number of aromatic nitrogens is 2. The summed E-state index contributed by atoms with van der Waals surface area (Å²) in [6.45, 7) is 0.254. The van der Waals surface area contributed by atoms with Crippen LogP contribution in [0.5, 0.6) is 0 Å². The maximum atomic E-state index is 12.1. The van der Waals surface area contributed by atoms with Gasteiger partial charge in [0.15, 0.2) is 6.61 Å². The number of amides is 1. The number of hydrogen-bond donors (Lipinski definition) is 1. The second kappa shape index (κ2) is 8.62. The SMILES string of the molecule is CN(CC(=O)OCC(=O)NCC1(c2ccccc2)CCC1)c1ncccn1. The van der Waals surface area contributed by atoms with Crippen LogP contribution < -0.4 is 10.2 Å². The molecule has 0 atom stereocenters. The molecule has 1 amide bonds. The van der Waals surface area contributed by atoms with E-state index in [9.17, 15) is 9.59 Å². The van der Waals surface area contributed by atoms with Crippen molar-refractivity contribution in [3.05, 3.63) is 54.4 Å². The van der Waals surface area contributed by atoms with Gasteiger partial charge in [-0.05, 0) is 24.5 Å². The summed E-state index contributed by atoms with van der Waals surface area (Å²) in [6, 6.07) is 11.9. The molecule has 142 valence electrons. The summed E-state index contributed by atoms with van der Waals surface area (Å²) in [5, 5.41) is 2.91. The molecule has 7 nitrogen and oxygen atoms in total. The summed E-state index contributed by atoms with van der Waals surface area (Å²) in [7, 11) is 1.69. The van der Waals surface area contributed by atoms with Crippen molar-refractivity contribution in [3.63, 3.8) is 0 Å². The maximum Gasteiger partial charge on any atom is 0.326 e. The highest BCUT2D eigenvalue weighted by Gasteiger charge is 2.38. The van der Waals surface area contributed by atoms with Crippen molar-refractivity contribution in [2.75, 3.05) is 31.6 Å². The first-order chi connectivity index (χ1) is 13.1. The Morgan fingerprint density at radius 1 is 1.15 bits per heavy atom. The number of nitrogens with zero attached hydrogens (tertiary/aromatic N) is 3. The lowest BCUT2D eigenvalue weighted by molar-refractivity contribution is -0.147. The summed E-state index contributed by atoms with van der Waals surface area (Å²) < 4.78 is 5.07. The van der Waals surface area contributed by atoms with E-state index < -0.39 is 5.97 Å². The fourth-order valence-corrected chi connectivity index (χ4v) is 3.23. The summed E-state index contributed by atoms with van der Waals surface area (Å²) in [6.07, 6.45) is 6.47. The Labute approximate surface area is 158 Å². The number of nitrogens with one attached hydrogen (secondary N) is 1. The van der Waals surface area contributed by atoms with Gasteiger partial charge in [-0.2, -0.15) is 0 Å². The first-order valence-corrected chi connectivity index (χ1v) is 9.05. The number of esters is 1. The Bertz CT molecular complexity index is 763. The van der Waals surface area contributed by atoms with E-state index in [0.717, 1.165) is 19.3 Å². The molecule has 1 saturated carbocycles. The van der Waals surface area contributed by atoms with Crippen molar-refractivity contribution < 1.29 is 14.3 Å². The van der Waals surface area contributed by atoms with Crippen LogP contribution >= 0.6 is 0 Å². The molecule has 1 N–H and O–H groups in total. The molecule has 0 radical (unpaired) electrons. The number of anilines is 1. The predicted molar refractivity (Wildman–Crippen MR) is 101 cm³/mol. The van der Waals surface area contributed by atoms with Gasteiger partial charge in [0, 0.05) is 31.4 Å². The summed E-state index contributed by atoms with van der Waals surface area (Å²) in [5.41, 5.74) is 1.25. The average Bonchev–Trinajstić information content (AvgIpc) is 2.67. The average molecular weight is 368 g/mol. The van der Waals surface area contributed by atoms with E-state index in [-0.39, 0.29) is 24.5 Å². The van der Waals surface area contributed by atoms with Crippen LogP contribution in [0.4, 0.5) is 5.95 Å². The number of likely N-dealkylation sites (N-methyl/N-ethyl adjacent to an activating group) is 1. The molecule has 7 heteroatoms. The lowest BCUT2D eigenvalue weighted by atomic mass is 9.64. The molecule has 0 spiro atoms. The normalized spacial score (nSPS) is 14.7. The fourth-order valence-electron chi connectivity index (χ4n) is 3.23. The molecule has 1 aliphatic carbocycles. The van der Waals surface area contributed by atoms with Crippen LogP contribution in [0.1, 0.15) is 24.8 Å². The van der Waals surface area contributed by atoms with Gasteiger partial charge in [0.1, 0.15) is 6.54 Å². The Kier molecular flexibility index (Phi) is 6.01. The number of carbonyl (C=O) groups is 2. The van der Waals surface area contributed by atoms with E-state index in [1.54, 1.807) is 30.4 Å². The molecule has 0 bridgehead atoms. The van der Waals surface area contributed by atoms with Crippen molar-refractivity contribution in [1.29, 1.82) is 0 Å². The van der Waals surface area contributed by atoms with Crippen molar-refractivity contribution in [3.8, 4) is 0 Å². The minimum Gasteiger partial charge on any atom is -0.454 e. The first kappa shape index (κ1) is 18.8. The van der Waals surface area contributed by atoms with Gasteiger partial charge in [-0.25, -0.2) is 9.97 Å². The Hall–Kier alpha value is -2.96. The number of carbonyl (C=O) groups excluding carboxylic acids is 2. The Morgan fingerprint density at radius 2 is 1.85 bits per heavy atom. The number of rotatable bonds is 8. The third-order valence-electron chi connectivity index (χ3n) is 4.94. The van der Waals surface area contributed by atoms with E-state index in [1.807, 2.05) is 18.2 Å². The molecule has 1 aromatic heterocycles. The maximum absolute atomic E-state index is 12.1. The third-order valence-corrected chi connectivity index (χ3v) is 4.94. The van der Waals surface area contributed by atoms with Crippen molar-refractivity contribution in [1.82, 2.24) is 15.3 Å². The zero-order valence-electron chi connectivity index (χ0n) is 15.4. The zero-order chi connectivity index (χ0) is 19.1. The highest BCUT2D eigenvalue weighted by Crippen LogP contribution is 2.43. The third kappa shape index (κ3) is 4.81. The summed E-state index contributed by atoms with van der Waals surface area (Å²) >= 11 is 0. The summed E-state index contributed by atoms with van der Waals surface area (Å²) in [5.74, 6) is -0.362. The van der Waals surface area contributed by atoms with E-state index in [2.05, 4.69) is 27.4 Å². The van der Waals surface area contributed by atoms with Gasteiger partial charge < -0.3 is 15.0 Å². The smallest absolute Gasteiger partial charge is 0.326 e. The molecule has 0 saturated heterocycles. The molecule has 2 aromatic rings. The highest BCUT2D eigenvalue weighted by molar-refractivity contribution is 5.82. The predicted octanol–water partition coefficient (Wildman–Crippen LogP) is 1.69. The van der Waals surface area contributed by atoms with Crippen LogP contribution in [0.2, 0.25) is 0 Å². The largest absolute Gasteiger partial charge is 0.454 e. The lowest BCUT2D eigenvalue weighted by Gasteiger charge is -2.42. The highest BCUT2D eigenvalue weighted by atomic mass is 16.5. The number of ether oxygens (including phenoxy) is 1. The standard InChI is InChI=1S/C20H24N4O3/c1-24(19-21-11-6-12-22-19)13-18(26)27-14-17(25)23-15-20(9-5-10-20)16-7-3-2-4-8-16/h2-4,6-8,11-12H,5,9-10,13-15H2,1H3,(H,23,25). The van der Waals surface area contributed by atoms with Crippen molar-refractivity contribution in [2.45, 2.75) is 24.7 Å². The van der Waals surface area contributed by atoms with Gasteiger partial charge in [-0.15, -0.1) is 0 Å². The van der Waals surface area contributed by atoms with Crippen LogP contribution in [0.3, 0.4) is 0 Å². The van der Waals surface area contributed by atoms with E-state index >= 15 is 0 Å². The van der Waals surface area contributed by atoms with Gasteiger partial charge in [0.05, 0.1) is 0 Å². The van der Waals surface area contributed by atoms with Crippen molar-refractivity contribution in [2.24, 2.45) is 0 Å². The molecule has 27 heavy (non-hydrogen) atoms. The van der Waals surface area contributed by atoms with Gasteiger partial charge >= 0.3 is 5.97 Å². The van der Waals surface area contributed by atoms with Crippen LogP contribution in [-0.4, -0.2) is 48.6 Å². The van der Waals surface area contributed by atoms with Crippen LogP contribution in [0.15, 0.2) is 48.8 Å². The fraction of sp³-hybridized carbons (Fsp3) is 0.400. The molecule has 1 fully saturated rings. The van der Waals surface area contributed by atoms with Crippen molar-refractivity contribution >= 4 is 17.8 Å². The van der Waals surface area contributed by atoms with Gasteiger partial charge in [-0.1, -0.05) is 36.8 Å². The van der Waals surface area contributed by atoms with Gasteiger partial charge in [-0.3, -0.25) is 9.59 Å². The van der Waals surface area contributed by atoms with Gasteiger partial charge in [0.25, 0.3) is 5.91 Å². The molecular weight excluding hydrogens is 344 g/mol. The monoisotopic (exact) mass is 368 g/mol. The van der Waals surface area contributed by atoms with Crippen LogP contribution in [-0.2, 0) is 19.7 Å². The minimum atomic E-state index is -0.499. The molecular formula is C20H24N4O3. The Balaban J connectivity index is 1.42. The molecule has 0 unspecified atom stereocenters. The second-order valence-electron chi connectivity index (χ2n) is 6.84. The van der Waals surface area contributed by atoms with E-state index in [4.69, 9.17) is 4.74 Å². The lowest BCUT2D eigenvalue weighted by Crippen LogP contribution is -2.46. The topological polar surface area (TPSA) is 84.4 Å². The number of hydrogen-bond acceptors (Lipinski definition) is 6. The first-order valence-electron chi connectivity index (χ1n) is 9.05. The Morgan fingerprint density at radius 3 is 2.48 bits per heavy atom. The second-order valence-corrected chi connectivity index (χ2v) is 6.84. The van der Waals surface area contributed by atoms with Crippen LogP contribution in [0.25, 0.3) is 0 Å². The number of benzene rings is 1. The molecule has 1 aromatic carbocycles. The molecule has 0 aliphatic heterocycles. The zero-order valence-corrected chi connectivity index (χ0v) is 15.4. The summed E-state index contributed by atoms with van der Waals surface area (Å²) in [4.78, 5) is 33.7. The van der Waals surface area contributed by atoms with Crippen LogP contribution in [0, 0.1) is 0 Å². The minimum absolute atomic E-state index is 0.00575. The van der Waals surface area contributed by atoms with Gasteiger partial charge in [0.2, 0.25) is 5.95 Å². The van der Waals surface area contributed by atoms with E-state index in [1.165, 1.54) is 5.56 Å². The molecule has 1 heterocycles. The van der Waals surface area contributed by atoms with E-state index in [0.29, 0.717) is 12.5 Å². The molecule has 3 rings (SSSR count).